The van der Waals surface area contributed by atoms with Crippen LogP contribution in [0.1, 0.15) is 258 Å². The Labute approximate surface area is 517 Å². The van der Waals surface area contributed by atoms with E-state index in [0.29, 0.717) is 23.9 Å². The van der Waals surface area contributed by atoms with E-state index in [1.165, 1.54) is 70.6 Å². The number of nitrogens with zero attached hydrogens (tertiary/aromatic N) is 1. The van der Waals surface area contributed by atoms with Crippen molar-refractivity contribution >= 4 is 19.7 Å². The molecule has 1 N–H and O–H groups in total. The van der Waals surface area contributed by atoms with Crippen LogP contribution in [0.5, 0.6) is 0 Å². The summed E-state index contributed by atoms with van der Waals surface area (Å²) >= 11 is 0. The molecule has 0 aromatic carbocycles. The minimum atomic E-state index is -4.72. The predicted molar refractivity (Wildman–Crippen MR) is 362 cm³/mol. The Morgan fingerprint density at radius 2 is 0.762 bits per heavy atom. The van der Waals surface area contributed by atoms with Gasteiger partial charge in [0, 0.05) is 12.8 Å². The maximum atomic E-state index is 13.6. The smallest absolute Gasteiger partial charge is 0.306 e. The molecule has 3 unspecified atom stereocenters. The first-order chi connectivity index (χ1) is 40.9. The number of quaternary nitrogens is 1. The number of carbonyl (C=O) groups excluding carboxylic acids is 2. The van der Waals surface area contributed by atoms with Crippen LogP contribution in [0, 0.1) is 0 Å². The highest BCUT2D eigenvalue weighted by Crippen LogP contribution is 2.38. The van der Waals surface area contributed by atoms with Crippen LogP contribution < -0.4 is 10.2 Å². The van der Waals surface area contributed by atoms with E-state index in [-0.39, 0.29) is 31.3 Å². The number of esters is 1. The van der Waals surface area contributed by atoms with Gasteiger partial charge in [-0.3, -0.25) is 14.2 Å². The number of phosphoric ester groups is 1. The van der Waals surface area contributed by atoms with Crippen LogP contribution in [0.4, 0.5) is 0 Å². The van der Waals surface area contributed by atoms with Crippen LogP contribution in [-0.4, -0.2) is 69.4 Å². The maximum absolute atomic E-state index is 13.6. The van der Waals surface area contributed by atoms with E-state index < -0.39 is 26.6 Å². The van der Waals surface area contributed by atoms with Gasteiger partial charge < -0.3 is 28.5 Å². The zero-order valence-electron chi connectivity index (χ0n) is 54.5. The number of carbonyl (C=O) groups is 2. The molecule has 0 spiro atoms. The monoisotopic (exact) mass is 1180 g/mol. The SMILES string of the molecule is CC/C=C\C/C=C\C/C=C\C/C=C\C/C=C\C/C=C\CCCCCCC(=O)NC(COP(=O)([O-])OCC[N+](C)(C)C)C(/C=C/CCCCCCCCCCCC)OC(=O)CCCCCCCCC/C=C\C/C=C\C/C=C\C/C=C\C/C=C\CC. The molecule has 84 heavy (non-hydrogen) atoms. The number of likely N-dealkylation sites (N-methyl/N-ethyl adjacent to an activating group) is 1. The first-order valence-electron chi connectivity index (χ1n) is 33.6. The predicted octanol–water partition coefficient (Wildman–Crippen LogP) is 20.8. The van der Waals surface area contributed by atoms with Gasteiger partial charge in [0.25, 0.3) is 7.82 Å². The molecule has 478 valence electrons. The number of amides is 1. The minimum absolute atomic E-state index is 0.0380. The number of hydrogen-bond acceptors (Lipinski definition) is 7. The Kier molecular flexibility index (Phi) is 58.9. The van der Waals surface area contributed by atoms with Crippen LogP contribution in [0.25, 0.3) is 0 Å². The van der Waals surface area contributed by atoms with Gasteiger partial charge in [0.1, 0.15) is 19.3 Å². The van der Waals surface area contributed by atoms with E-state index >= 15 is 0 Å². The number of hydrogen-bond donors (Lipinski definition) is 1. The van der Waals surface area contributed by atoms with Crippen molar-refractivity contribution in [3.8, 4) is 0 Å². The summed E-state index contributed by atoms with van der Waals surface area (Å²) in [4.78, 5) is 40.1. The van der Waals surface area contributed by atoms with Crippen LogP contribution >= 0.6 is 7.82 Å². The second-order valence-corrected chi connectivity index (χ2v) is 24.6. The molecule has 3 atom stereocenters. The van der Waals surface area contributed by atoms with Crippen molar-refractivity contribution in [2.24, 2.45) is 0 Å². The topological polar surface area (TPSA) is 114 Å². The molecule has 9 nitrogen and oxygen atoms in total. The molecule has 0 aliphatic carbocycles. The molecule has 0 saturated heterocycles. The Bertz CT molecular complexity index is 1950. The summed E-state index contributed by atoms with van der Waals surface area (Å²) in [5.74, 6) is -0.592. The standard InChI is InChI=1S/C74H125N2O7P/c1-7-10-13-16-19-22-25-28-30-32-34-36-38-40-42-44-46-48-51-54-57-60-63-66-73(77)75-71(70-82-84(79,80)81-69-68-76(4,5)6)72(65-62-59-56-53-50-27-24-21-18-15-12-9-3)83-74(78)67-64-61-58-55-52-49-47-45-43-41-39-37-35-33-31-29-26-23-20-17-14-11-8-2/h10-11,13-14,19-20,22-23,28-31,34-37,40-43,46,48,62,65,71-72H,7-9,12,15-18,21,24-27,32-33,38-39,44-45,47,49-61,63-64,66-70H2,1-6H3,(H-,75,77,79,80)/b13-10-,14-11-,22-19-,23-20-,30-28-,31-29-,36-34-,37-35-,42-40-,43-41-,48-46-,65-62+. The second kappa shape index (κ2) is 62.0. The van der Waals surface area contributed by atoms with Crippen molar-refractivity contribution < 1.29 is 37.3 Å². The van der Waals surface area contributed by atoms with Gasteiger partial charge in [0.05, 0.1) is 33.8 Å². The molecule has 1 amide bonds. The molecule has 0 rings (SSSR count). The number of nitrogens with one attached hydrogen (secondary N) is 1. The highest BCUT2D eigenvalue weighted by Gasteiger charge is 2.27. The zero-order valence-corrected chi connectivity index (χ0v) is 55.4. The first-order valence-corrected chi connectivity index (χ1v) is 35.1. The van der Waals surface area contributed by atoms with Crippen molar-refractivity contribution in [2.45, 2.75) is 270 Å². The van der Waals surface area contributed by atoms with Gasteiger partial charge in [0.15, 0.2) is 0 Å². The van der Waals surface area contributed by atoms with E-state index in [4.69, 9.17) is 13.8 Å². The van der Waals surface area contributed by atoms with E-state index in [9.17, 15) is 19.0 Å². The summed E-state index contributed by atoms with van der Waals surface area (Å²) in [6.07, 6.45) is 89.6. The fraction of sp³-hybridized carbons (Fsp3) is 0.649. The Morgan fingerprint density at radius 3 is 1.14 bits per heavy atom. The molecule has 0 bridgehead atoms. The van der Waals surface area contributed by atoms with Crippen LogP contribution in [0.3, 0.4) is 0 Å². The van der Waals surface area contributed by atoms with Crippen LogP contribution in [0.2, 0.25) is 0 Å². The van der Waals surface area contributed by atoms with Gasteiger partial charge >= 0.3 is 5.97 Å². The first kappa shape index (κ1) is 79.9. The molecule has 0 aromatic heterocycles. The van der Waals surface area contributed by atoms with Gasteiger partial charge in [-0.05, 0) is 128 Å². The summed E-state index contributed by atoms with van der Waals surface area (Å²) in [6, 6.07) is -0.919. The third-order valence-electron chi connectivity index (χ3n) is 14.0. The zero-order chi connectivity index (χ0) is 61.4. The number of phosphoric acid groups is 1. The van der Waals surface area contributed by atoms with E-state index in [0.717, 1.165) is 141 Å². The van der Waals surface area contributed by atoms with Crippen LogP contribution in [-0.2, 0) is 27.9 Å². The summed E-state index contributed by atoms with van der Waals surface area (Å²) < 4.78 is 30.4. The maximum Gasteiger partial charge on any atom is 0.306 e. The van der Waals surface area contributed by atoms with Gasteiger partial charge in [-0.2, -0.15) is 0 Å². The van der Waals surface area contributed by atoms with Gasteiger partial charge in [0.2, 0.25) is 5.91 Å². The lowest BCUT2D eigenvalue weighted by Gasteiger charge is -2.30. The highest BCUT2D eigenvalue weighted by molar-refractivity contribution is 7.45. The van der Waals surface area contributed by atoms with Crippen molar-refractivity contribution in [3.05, 3.63) is 146 Å². The summed E-state index contributed by atoms with van der Waals surface area (Å²) in [6.45, 7) is 6.57. The molecule has 0 heterocycles. The van der Waals surface area contributed by atoms with Gasteiger partial charge in [-0.25, -0.2) is 0 Å². The lowest BCUT2D eigenvalue weighted by atomic mass is 10.0. The van der Waals surface area contributed by atoms with E-state index in [2.05, 4.69) is 160 Å². The van der Waals surface area contributed by atoms with Crippen molar-refractivity contribution in [3.63, 3.8) is 0 Å². The normalized spacial score (nSPS) is 14.5. The molecule has 0 aliphatic rings. The molecule has 10 heteroatoms. The highest BCUT2D eigenvalue weighted by atomic mass is 31.2. The third-order valence-corrected chi connectivity index (χ3v) is 15.0. The molecule has 0 aromatic rings. The quantitative estimate of drug-likeness (QED) is 0.0212. The summed E-state index contributed by atoms with van der Waals surface area (Å²) in [7, 11) is 1.14. The van der Waals surface area contributed by atoms with Crippen molar-refractivity contribution in [1.82, 2.24) is 5.32 Å². The lowest BCUT2D eigenvalue weighted by Crippen LogP contribution is -2.47. The third kappa shape index (κ3) is 62.4. The Morgan fingerprint density at radius 1 is 0.429 bits per heavy atom. The molecular weight excluding hydrogens is 1060 g/mol. The average Bonchev–Trinajstić information content (AvgIpc) is 3.64. The summed E-state index contributed by atoms with van der Waals surface area (Å²) in [5, 5.41) is 3.02. The number of unbranched alkanes of at least 4 members (excludes halogenated alkanes) is 21. The summed E-state index contributed by atoms with van der Waals surface area (Å²) in [5.41, 5.74) is 0. The molecule has 0 radical (unpaired) electrons. The molecule has 0 fully saturated rings. The number of rotatable bonds is 59. The van der Waals surface area contributed by atoms with Crippen LogP contribution in [0.15, 0.2) is 146 Å². The number of allylic oxidation sites excluding steroid dienone is 23. The lowest BCUT2D eigenvalue weighted by molar-refractivity contribution is -0.870. The van der Waals surface area contributed by atoms with Gasteiger partial charge in [-0.1, -0.05) is 263 Å². The van der Waals surface area contributed by atoms with E-state index in [1.807, 2.05) is 33.3 Å². The molecular formula is C74H125N2O7P. The second-order valence-electron chi connectivity index (χ2n) is 23.2. The molecule has 0 aliphatic heterocycles. The Hall–Kier alpha value is -4.11. The van der Waals surface area contributed by atoms with E-state index in [1.54, 1.807) is 0 Å². The fourth-order valence-corrected chi connectivity index (χ4v) is 9.63. The van der Waals surface area contributed by atoms with Crippen molar-refractivity contribution in [1.29, 1.82) is 0 Å². The molecule has 0 saturated carbocycles. The fourth-order valence-electron chi connectivity index (χ4n) is 8.90. The number of ether oxygens (including phenoxy) is 1. The minimum Gasteiger partial charge on any atom is -0.756 e. The average molecular weight is 1190 g/mol. The Balaban J connectivity index is 5.25. The van der Waals surface area contributed by atoms with Gasteiger partial charge in [-0.15, -0.1) is 0 Å². The van der Waals surface area contributed by atoms with Crippen molar-refractivity contribution in [2.75, 3.05) is 40.9 Å². The largest absolute Gasteiger partial charge is 0.756 e.